The Kier molecular flexibility index (Phi) is 4.12. The maximum Gasteiger partial charge on any atom is 0.427 e. The maximum atomic E-state index is 13.2. The van der Waals surface area contributed by atoms with Gasteiger partial charge in [0.05, 0.1) is 7.11 Å². The molecule has 2 rings (SSSR count). The van der Waals surface area contributed by atoms with Crippen LogP contribution in [0.15, 0.2) is 47.7 Å². The van der Waals surface area contributed by atoms with Crippen molar-refractivity contribution in [2.75, 3.05) is 7.11 Å². The topological polar surface area (TPSA) is 66.8 Å². The lowest BCUT2D eigenvalue weighted by Crippen LogP contribution is -2.58. The highest BCUT2D eigenvalue weighted by molar-refractivity contribution is 5.95. The average molecular weight is 314 g/mol. The number of hydrogen-bond acceptors (Lipinski definition) is 4. The van der Waals surface area contributed by atoms with Crippen molar-refractivity contribution in [1.82, 2.24) is 0 Å². The molecule has 1 aliphatic carbocycles. The molecule has 0 amide bonds. The summed E-state index contributed by atoms with van der Waals surface area (Å²) in [5.74, 6) is -0.878. The summed E-state index contributed by atoms with van der Waals surface area (Å²) in [6.07, 6.45) is -6.68. The summed E-state index contributed by atoms with van der Waals surface area (Å²) in [5, 5.41) is 19.9. The summed E-state index contributed by atoms with van der Waals surface area (Å²) in [5.41, 5.74) is -3.75. The Morgan fingerprint density at radius 2 is 1.86 bits per heavy atom. The van der Waals surface area contributed by atoms with Gasteiger partial charge in [0.25, 0.3) is 0 Å². The van der Waals surface area contributed by atoms with Gasteiger partial charge in [-0.15, -0.1) is 0 Å². The molecule has 118 valence electrons. The summed E-state index contributed by atoms with van der Waals surface area (Å²) in [7, 11) is 0.948. The van der Waals surface area contributed by atoms with Crippen molar-refractivity contribution < 1.29 is 32.9 Å². The molecule has 1 aromatic carbocycles. The molecule has 1 aromatic rings. The van der Waals surface area contributed by atoms with E-state index in [-0.39, 0.29) is 11.9 Å². The fourth-order valence-corrected chi connectivity index (χ4v) is 2.34. The normalized spacial score (nSPS) is 25.7. The molecule has 0 aliphatic heterocycles. The van der Waals surface area contributed by atoms with Crippen molar-refractivity contribution in [3.8, 4) is 0 Å². The van der Waals surface area contributed by atoms with E-state index in [1.54, 1.807) is 30.3 Å². The zero-order chi connectivity index (χ0) is 16.5. The van der Waals surface area contributed by atoms with Crippen molar-refractivity contribution in [3.05, 3.63) is 53.3 Å². The number of carbonyl (C=O) groups is 1. The minimum absolute atomic E-state index is 0.0638. The zero-order valence-corrected chi connectivity index (χ0v) is 11.5. The van der Waals surface area contributed by atoms with Gasteiger partial charge >= 0.3 is 6.18 Å². The summed E-state index contributed by atoms with van der Waals surface area (Å²) in [4.78, 5) is 11.2. The largest absolute Gasteiger partial charge is 0.498 e. The third kappa shape index (κ3) is 2.32. The fraction of sp³-hybridized carbons (Fsp3) is 0.267. The average Bonchev–Trinajstić information content (AvgIpc) is 2.49. The van der Waals surface area contributed by atoms with Crippen LogP contribution in [0.4, 0.5) is 13.2 Å². The molecule has 0 spiro atoms. The van der Waals surface area contributed by atoms with Crippen molar-refractivity contribution in [2.24, 2.45) is 0 Å². The van der Waals surface area contributed by atoms with Gasteiger partial charge in [0.2, 0.25) is 5.60 Å². The number of aliphatic hydroxyl groups is 2. The number of rotatable bonds is 3. The molecule has 4 nitrogen and oxygen atoms in total. The minimum Gasteiger partial charge on any atom is -0.498 e. The Morgan fingerprint density at radius 1 is 1.27 bits per heavy atom. The van der Waals surface area contributed by atoms with E-state index in [0.29, 0.717) is 5.56 Å². The highest BCUT2D eigenvalue weighted by Crippen LogP contribution is 2.45. The number of carbonyl (C=O) groups excluding carboxylic acids is 1. The van der Waals surface area contributed by atoms with Gasteiger partial charge < -0.3 is 14.9 Å². The summed E-state index contributed by atoms with van der Waals surface area (Å²) in [6, 6.07) is 8.07. The smallest absolute Gasteiger partial charge is 0.427 e. The molecule has 0 radical (unpaired) electrons. The fourth-order valence-electron chi connectivity index (χ4n) is 2.34. The van der Waals surface area contributed by atoms with Crippen LogP contribution in [-0.2, 0) is 9.53 Å². The number of benzene rings is 1. The Balaban J connectivity index is 2.70. The molecule has 0 heterocycles. The highest BCUT2D eigenvalue weighted by atomic mass is 19.4. The molecule has 2 N–H and O–H groups in total. The molecule has 7 heteroatoms. The molecule has 0 saturated carbocycles. The Morgan fingerprint density at radius 3 is 2.32 bits per heavy atom. The third-order valence-corrected chi connectivity index (χ3v) is 3.52. The molecule has 0 saturated heterocycles. The van der Waals surface area contributed by atoms with Crippen LogP contribution < -0.4 is 0 Å². The number of alkyl halides is 3. The van der Waals surface area contributed by atoms with Gasteiger partial charge in [-0.2, -0.15) is 13.2 Å². The number of halogens is 3. The van der Waals surface area contributed by atoms with Gasteiger partial charge in [0, 0.05) is 5.57 Å². The molecule has 2 atom stereocenters. The van der Waals surface area contributed by atoms with Gasteiger partial charge in [0.1, 0.15) is 18.1 Å². The Labute approximate surface area is 124 Å². The quantitative estimate of drug-likeness (QED) is 0.836. The zero-order valence-electron chi connectivity index (χ0n) is 11.5. The Hall–Kier alpha value is -2.12. The van der Waals surface area contributed by atoms with Crippen LogP contribution >= 0.6 is 0 Å². The number of hydrogen-bond donors (Lipinski definition) is 2. The predicted octanol–water partition coefficient (Wildman–Crippen LogP) is 1.84. The minimum atomic E-state index is -5.22. The number of methoxy groups -OCH3 is 1. The van der Waals surface area contributed by atoms with E-state index < -0.39 is 29.2 Å². The van der Waals surface area contributed by atoms with Gasteiger partial charge in [-0.25, -0.2) is 0 Å². The van der Waals surface area contributed by atoms with Crippen LogP contribution in [-0.4, -0.2) is 41.5 Å². The predicted molar refractivity (Wildman–Crippen MR) is 71.5 cm³/mol. The van der Waals surface area contributed by atoms with E-state index in [1.165, 1.54) is 0 Å². The lowest BCUT2D eigenvalue weighted by Gasteiger charge is -2.38. The van der Waals surface area contributed by atoms with Crippen LogP contribution in [0.2, 0.25) is 0 Å². The number of aliphatic hydroxyl groups excluding tert-OH is 1. The first-order valence-electron chi connectivity index (χ1n) is 6.25. The van der Waals surface area contributed by atoms with Crippen molar-refractivity contribution in [3.63, 3.8) is 0 Å². The third-order valence-electron chi connectivity index (χ3n) is 3.52. The van der Waals surface area contributed by atoms with Crippen LogP contribution in [0.3, 0.4) is 0 Å². The van der Waals surface area contributed by atoms with Crippen LogP contribution in [0.1, 0.15) is 5.56 Å². The van der Waals surface area contributed by atoms with E-state index in [2.05, 4.69) is 4.74 Å². The molecular weight excluding hydrogens is 301 g/mol. The van der Waals surface area contributed by atoms with E-state index >= 15 is 0 Å². The van der Waals surface area contributed by atoms with Gasteiger partial charge in [-0.3, -0.25) is 4.79 Å². The lowest BCUT2D eigenvalue weighted by molar-refractivity contribution is -0.279. The molecule has 0 fully saturated rings. The summed E-state index contributed by atoms with van der Waals surface area (Å²) in [6.45, 7) is 0. The molecule has 22 heavy (non-hydrogen) atoms. The first kappa shape index (κ1) is 16.3. The Bertz CT molecular complexity index is 634. The maximum absolute atomic E-state index is 13.2. The second kappa shape index (κ2) is 5.58. The number of ether oxygens (including phenoxy) is 1. The molecule has 2 unspecified atom stereocenters. The SMILES string of the molecule is COC1=CC(c2ccccc2)=C(C=O)C(O)C1(O)C(F)(F)F. The second-order valence-electron chi connectivity index (χ2n) is 4.73. The van der Waals surface area contributed by atoms with Crippen LogP contribution in [0.25, 0.3) is 5.57 Å². The van der Waals surface area contributed by atoms with E-state index in [0.717, 1.165) is 13.2 Å². The molecule has 0 bridgehead atoms. The van der Waals surface area contributed by atoms with E-state index in [4.69, 9.17) is 0 Å². The lowest BCUT2D eigenvalue weighted by atomic mass is 9.79. The standard InChI is InChI=1S/C15H13F3O4/c1-22-12-7-10(9-5-3-2-4-6-9)11(8-19)13(20)14(12,21)15(16,17)18/h2-8,13,20-21H,1H3. The van der Waals surface area contributed by atoms with Gasteiger partial charge in [0.15, 0.2) is 0 Å². The first-order valence-corrected chi connectivity index (χ1v) is 6.25. The van der Waals surface area contributed by atoms with Crippen LogP contribution in [0.5, 0.6) is 0 Å². The highest BCUT2D eigenvalue weighted by Gasteiger charge is 2.64. The van der Waals surface area contributed by atoms with E-state index in [1.807, 2.05) is 0 Å². The molecule has 0 aromatic heterocycles. The number of allylic oxidation sites excluding steroid dienone is 2. The first-order chi connectivity index (χ1) is 10.3. The van der Waals surface area contributed by atoms with Crippen LogP contribution in [0, 0.1) is 0 Å². The van der Waals surface area contributed by atoms with Gasteiger partial charge in [-0.1, -0.05) is 30.3 Å². The van der Waals surface area contributed by atoms with Gasteiger partial charge in [-0.05, 0) is 17.2 Å². The monoisotopic (exact) mass is 314 g/mol. The number of aldehydes is 1. The second-order valence-corrected chi connectivity index (χ2v) is 4.73. The van der Waals surface area contributed by atoms with Crippen molar-refractivity contribution in [2.45, 2.75) is 17.9 Å². The summed E-state index contributed by atoms with van der Waals surface area (Å²) >= 11 is 0. The molecule has 1 aliphatic rings. The van der Waals surface area contributed by atoms with Crippen molar-refractivity contribution in [1.29, 1.82) is 0 Å². The van der Waals surface area contributed by atoms with Crippen molar-refractivity contribution >= 4 is 11.9 Å². The summed E-state index contributed by atoms with van der Waals surface area (Å²) < 4.78 is 44.2. The van der Waals surface area contributed by atoms with E-state index in [9.17, 15) is 28.2 Å². The molecular formula is C15H13F3O4.